The third kappa shape index (κ3) is 5.75. The Hall–Kier alpha value is -0.130. The van der Waals surface area contributed by atoms with E-state index in [0.717, 1.165) is 0 Å². The van der Waals surface area contributed by atoms with Crippen molar-refractivity contribution in [3.63, 3.8) is 0 Å². The minimum absolute atomic E-state index is 0.211. The van der Waals surface area contributed by atoms with Crippen molar-refractivity contribution >= 4 is 28.6 Å². The zero-order valence-corrected chi connectivity index (χ0v) is 6.00. The molecule has 0 heterocycles. The summed E-state index contributed by atoms with van der Waals surface area (Å²) in [6.07, 6.45) is 0. The SMILES string of the molecule is O=C(CCl)NCS(=O)[O-]. The maximum absolute atomic E-state index is 10.2. The monoisotopic (exact) mass is 170 g/mol. The standard InChI is InChI=1S/C3H6ClNO3S/c4-1-3(6)5-2-9(7)8/h1-2H2,(H,5,6)(H,7,8)/p-1. The van der Waals surface area contributed by atoms with E-state index in [1.54, 1.807) is 0 Å². The Kier molecular flexibility index (Phi) is 4.65. The van der Waals surface area contributed by atoms with E-state index < -0.39 is 17.0 Å². The number of hydrogen-bond donors (Lipinski definition) is 1. The number of carbonyl (C=O) groups excluding carboxylic acids is 1. The number of halogens is 1. The van der Waals surface area contributed by atoms with Crippen LogP contribution >= 0.6 is 11.6 Å². The van der Waals surface area contributed by atoms with Gasteiger partial charge in [-0.3, -0.25) is 9.00 Å². The van der Waals surface area contributed by atoms with Crippen LogP contribution in [0, 0.1) is 0 Å². The molecule has 4 nitrogen and oxygen atoms in total. The molecule has 0 saturated carbocycles. The van der Waals surface area contributed by atoms with Crippen LogP contribution in [0.2, 0.25) is 0 Å². The number of amides is 1. The fourth-order valence-corrected chi connectivity index (χ4v) is 0.560. The van der Waals surface area contributed by atoms with E-state index in [1.165, 1.54) is 0 Å². The summed E-state index contributed by atoms with van der Waals surface area (Å²) in [6, 6.07) is 0. The predicted molar refractivity (Wildman–Crippen MR) is 32.6 cm³/mol. The molecule has 54 valence electrons. The maximum Gasteiger partial charge on any atom is 0.235 e. The van der Waals surface area contributed by atoms with Gasteiger partial charge in [0.25, 0.3) is 0 Å². The lowest BCUT2D eigenvalue weighted by atomic mass is 10.7. The fourth-order valence-electron chi connectivity index (χ4n) is 0.187. The molecule has 9 heavy (non-hydrogen) atoms. The van der Waals surface area contributed by atoms with Crippen LogP contribution < -0.4 is 5.32 Å². The lowest BCUT2D eigenvalue weighted by Gasteiger charge is -2.04. The minimum Gasteiger partial charge on any atom is -0.771 e. The number of rotatable bonds is 3. The molecule has 0 aromatic carbocycles. The molecule has 0 aliphatic heterocycles. The average Bonchev–Trinajstić information content (AvgIpc) is 1.83. The largest absolute Gasteiger partial charge is 0.771 e. The highest BCUT2D eigenvalue weighted by Gasteiger charge is 1.93. The van der Waals surface area contributed by atoms with Crippen LogP contribution in [-0.4, -0.2) is 26.4 Å². The predicted octanol–water partition coefficient (Wildman–Crippen LogP) is -0.822. The van der Waals surface area contributed by atoms with Gasteiger partial charge in [-0.1, -0.05) is 0 Å². The van der Waals surface area contributed by atoms with Gasteiger partial charge in [0.15, 0.2) is 0 Å². The number of hydrogen-bond acceptors (Lipinski definition) is 3. The molecule has 0 spiro atoms. The molecule has 0 aliphatic carbocycles. The highest BCUT2D eigenvalue weighted by atomic mass is 35.5. The molecule has 0 aromatic rings. The first-order chi connectivity index (χ1) is 4.16. The molecule has 1 amide bonds. The molecule has 0 aliphatic rings. The van der Waals surface area contributed by atoms with Crippen molar-refractivity contribution in [1.82, 2.24) is 5.32 Å². The Balaban J connectivity index is 3.28. The van der Waals surface area contributed by atoms with Crippen molar-refractivity contribution in [3.8, 4) is 0 Å². The molecular weight excluding hydrogens is 166 g/mol. The third-order valence-corrected chi connectivity index (χ3v) is 1.13. The van der Waals surface area contributed by atoms with Crippen LogP contribution in [0.5, 0.6) is 0 Å². The van der Waals surface area contributed by atoms with Crippen LogP contribution in [0.3, 0.4) is 0 Å². The number of carbonyl (C=O) groups is 1. The molecule has 0 radical (unpaired) electrons. The van der Waals surface area contributed by atoms with Crippen LogP contribution in [0.25, 0.3) is 0 Å². The molecule has 0 fully saturated rings. The second-order valence-corrected chi connectivity index (χ2v) is 2.35. The van der Waals surface area contributed by atoms with Crippen LogP contribution in [0.4, 0.5) is 0 Å². The molecule has 1 N–H and O–H groups in total. The molecule has 6 heteroatoms. The Morgan fingerprint density at radius 1 is 1.78 bits per heavy atom. The van der Waals surface area contributed by atoms with E-state index in [4.69, 9.17) is 11.6 Å². The van der Waals surface area contributed by atoms with Crippen molar-refractivity contribution in [3.05, 3.63) is 0 Å². The first kappa shape index (κ1) is 8.87. The van der Waals surface area contributed by atoms with Gasteiger partial charge in [-0.15, -0.1) is 11.6 Å². The van der Waals surface area contributed by atoms with E-state index in [0.29, 0.717) is 0 Å². The highest BCUT2D eigenvalue weighted by molar-refractivity contribution is 7.79. The third-order valence-electron chi connectivity index (χ3n) is 0.509. The lowest BCUT2D eigenvalue weighted by Crippen LogP contribution is -2.27. The van der Waals surface area contributed by atoms with E-state index in [9.17, 15) is 13.6 Å². The van der Waals surface area contributed by atoms with Gasteiger partial charge in [0.05, 0.1) is 5.88 Å². The molecule has 0 rings (SSSR count). The average molecular weight is 171 g/mol. The highest BCUT2D eigenvalue weighted by Crippen LogP contribution is 1.74. The second kappa shape index (κ2) is 4.72. The Labute approximate surface area is 59.9 Å². The molecule has 1 unspecified atom stereocenters. The summed E-state index contributed by atoms with van der Waals surface area (Å²) in [5, 5.41) is 2.05. The minimum atomic E-state index is -2.23. The normalized spacial score (nSPS) is 12.7. The van der Waals surface area contributed by atoms with Gasteiger partial charge in [0, 0.05) is 0 Å². The fraction of sp³-hybridized carbons (Fsp3) is 0.667. The van der Waals surface area contributed by atoms with Crippen LogP contribution in [0.15, 0.2) is 0 Å². The summed E-state index contributed by atoms with van der Waals surface area (Å²) in [5.74, 6) is -1.07. The zero-order valence-electron chi connectivity index (χ0n) is 4.43. The molecule has 0 saturated heterocycles. The van der Waals surface area contributed by atoms with Crippen molar-refractivity contribution in [2.45, 2.75) is 0 Å². The van der Waals surface area contributed by atoms with Gasteiger partial charge < -0.3 is 9.87 Å². The summed E-state index contributed by atoms with van der Waals surface area (Å²) in [4.78, 5) is 10.2. The van der Waals surface area contributed by atoms with Gasteiger partial charge in [-0.2, -0.15) is 0 Å². The van der Waals surface area contributed by atoms with Gasteiger partial charge in [-0.05, 0) is 11.1 Å². The lowest BCUT2D eigenvalue weighted by molar-refractivity contribution is -0.118. The zero-order chi connectivity index (χ0) is 7.28. The summed E-state index contributed by atoms with van der Waals surface area (Å²) >= 11 is 2.79. The van der Waals surface area contributed by atoms with Crippen molar-refractivity contribution in [2.24, 2.45) is 0 Å². The number of nitrogens with one attached hydrogen (secondary N) is 1. The van der Waals surface area contributed by atoms with E-state index in [-0.39, 0.29) is 11.8 Å². The van der Waals surface area contributed by atoms with Crippen LogP contribution in [-0.2, 0) is 15.9 Å². The first-order valence-electron chi connectivity index (χ1n) is 2.05. The quantitative estimate of drug-likeness (QED) is 0.445. The van der Waals surface area contributed by atoms with E-state index in [2.05, 4.69) is 0 Å². The van der Waals surface area contributed by atoms with Crippen molar-refractivity contribution < 1.29 is 13.6 Å². The van der Waals surface area contributed by atoms with E-state index in [1.807, 2.05) is 5.32 Å². The van der Waals surface area contributed by atoms with Crippen LogP contribution in [0.1, 0.15) is 0 Å². The molecule has 0 aromatic heterocycles. The van der Waals surface area contributed by atoms with E-state index >= 15 is 0 Å². The second-order valence-electron chi connectivity index (χ2n) is 1.18. The number of alkyl halides is 1. The van der Waals surface area contributed by atoms with Crippen molar-refractivity contribution in [2.75, 3.05) is 11.8 Å². The van der Waals surface area contributed by atoms with Gasteiger partial charge >= 0.3 is 0 Å². The summed E-state index contributed by atoms with van der Waals surface area (Å²) in [6.45, 7) is 0. The molecule has 1 atom stereocenters. The van der Waals surface area contributed by atoms with Gasteiger partial charge in [0.1, 0.15) is 5.88 Å². The smallest absolute Gasteiger partial charge is 0.235 e. The Morgan fingerprint density at radius 3 is 2.67 bits per heavy atom. The summed E-state index contributed by atoms with van der Waals surface area (Å²) < 4.78 is 19.5. The Morgan fingerprint density at radius 2 is 2.33 bits per heavy atom. The topological polar surface area (TPSA) is 69.2 Å². The molecular formula is C3H5ClNO3S-. The van der Waals surface area contributed by atoms with Crippen molar-refractivity contribution in [1.29, 1.82) is 0 Å². The molecule has 0 bridgehead atoms. The maximum atomic E-state index is 10.2. The first-order valence-corrected chi connectivity index (χ1v) is 3.83. The summed E-state index contributed by atoms with van der Waals surface area (Å²) in [7, 11) is 0. The summed E-state index contributed by atoms with van der Waals surface area (Å²) in [5.41, 5.74) is 0. The Bertz CT molecular complexity index is 128. The van der Waals surface area contributed by atoms with Gasteiger partial charge in [0.2, 0.25) is 5.91 Å². The van der Waals surface area contributed by atoms with Gasteiger partial charge in [-0.25, -0.2) is 0 Å².